The lowest BCUT2D eigenvalue weighted by Gasteiger charge is -2.18. The molecular formula is C14H17BrFN. The number of rotatable bonds is 3. The Morgan fingerprint density at radius 1 is 1.35 bits per heavy atom. The molecule has 1 nitrogen and oxygen atoms in total. The van der Waals surface area contributed by atoms with Crippen LogP contribution >= 0.6 is 15.9 Å². The van der Waals surface area contributed by atoms with Crippen molar-refractivity contribution >= 4 is 15.9 Å². The molecule has 3 heteroatoms. The molecule has 1 atom stereocenters. The maximum atomic E-state index is 13.7. The van der Waals surface area contributed by atoms with Crippen LogP contribution in [0.25, 0.3) is 0 Å². The van der Waals surface area contributed by atoms with Gasteiger partial charge in [-0.15, -0.1) is 0 Å². The minimum Gasteiger partial charge on any atom is -0.324 e. The second kappa shape index (κ2) is 5.78. The Bertz CT molecular complexity index is 428. The predicted molar refractivity (Wildman–Crippen MR) is 72.2 cm³/mol. The standard InChI is InChI=1S/C14H17BrFN/c15-11-6-7-13(16)12(9-11)14(17)8-10-4-2-1-3-5-10/h4,6-7,9,14H,1-3,5,8,17H2. The van der Waals surface area contributed by atoms with E-state index in [0.717, 1.165) is 23.7 Å². The predicted octanol–water partition coefficient (Wildman–Crippen LogP) is 4.48. The molecule has 0 saturated carbocycles. The molecule has 0 heterocycles. The molecule has 0 bridgehead atoms. The lowest BCUT2D eigenvalue weighted by molar-refractivity contribution is 0.567. The molecule has 0 saturated heterocycles. The molecule has 0 amide bonds. The maximum absolute atomic E-state index is 13.7. The number of allylic oxidation sites excluding steroid dienone is 1. The molecule has 0 aliphatic heterocycles. The van der Waals surface area contributed by atoms with E-state index in [9.17, 15) is 4.39 Å². The van der Waals surface area contributed by atoms with Gasteiger partial charge < -0.3 is 5.73 Å². The maximum Gasteiger partial charge on any atom is 0.128 e. The number of hydrogen-bond acceptors (Lipinski definition) is 1. The van der Waals surface area contributed by atoms with Crippen LogP contribution in [0.2, 0.25) is 0 Å². The van der Waals surface area contributed by atoms with Gasteiger partial charge >= 0.3 is 0 Å². The van der Waals surface area contributed by atoms with E-state index >= 15 is 0 Å². The smallest absolute Gasteiger partial charge is 0.128 e. The van der Waals surface area contributed by atoms with Crippen LogP contribution in [-0.2, 0) is 0 Å². The third-order valence-electron chi connectivity index (χ3n) is 3.22. The van der Waals surface area contributed by atoms with Crippen molar-refractivity contribution in [2.45, 2.75) is 38.1 Å². The van der Waals surface area contributed by atoms with Gasteiger partial charge in [0.1, 0.15) is 5.82 Å². The summed E-state index contributed by atoms with van der Waals surface area (Å²) in [6.07, 6.45) is 7.79. The zero-order valence-electron chi connectivity index (χ0n) is 9.76. The van der Waals surface area contributed by atoms with Gasteiger partial charge in [-0.3, -0.25) is 0 Å². The summed E-state index contributed by atoms with van der Waals surface area (Å²) in [5.74, 6) is -0.211. The highest BCUT2D eigenvalue weighted by Crippen LogP contribution is 2.28. The summed E-state index contributed by atoms with van der Waals surface area (Å²) in [7, 11) is 0. The van der Waals surface area contributed by atoms with Crippen molar-refractivity contribution in [2.75, 3.05) is 0 Å². The zero-order valence-corrected chi connectivity index (χ0v) is 11.3. The molecule has 0 spiro atoms. The summed E-state index contributed by atoms with van der Waals surface area (Å²) in [6, 6.07) is 4.71. The van der Waals surface area contributed by atoms with Crippen molar-refractivity contribution in [1.29, 1.82) is 0 Å². The molecule has 1 aliphatic carbocycles. The van der Waals surface area contributed by atoms with E-state index in [0.29, 0.717) is 5.56 Å². The first-order valence-corrected chi connectivity index (χ1v) is 6.84. The van der Waals surface area contributed by atoms with Crippen LogP contribution < -0.4 is 5.73 Å². The Morgan fingerprint density at radius 2 is 2.18 bits per heavy atom. The molecule has 92 valence electrons. The van der Waals surface area contributed by atoms with Crippen molar-refractivity contribution in [3.05, 3.63) is 45.7 Å². The minimum absolute atomic E-state index is 0.211. The van der Waals surface area contributed by atoms with Crippen LogP contribution in [0, 0.1) is 5.82 Å². The molecule has 2 N–H and O–H groups in total. The summed E-state index contributed by atoms with van der Waals surface area (Å²) in [6.45, 7) is 0. The second-order valence-electron chi connectivity index (χ2n) is 4.58. The molecular weight excluding hydrogens is 281 g/mol. The normalized spacial score (nSPS) is 17.7. The van der Waals surface area contributed by atoms with E-state index in [1.165, 1.54) is 24.5 Å². The van der Waals surface area contributed by atoms with Crippen LogP contribution in [0.4, 0.5) is 4.39 Å². The van der Waals surface area contributed by atoms with Crippen molar-refractivity contribution in [1.82, 2.24) is 0 Å². The number of benzene rings is 1. The van der Waals surface area contributed by atoms with E-state index < -0.39 is 0 Å². The fourth-order valence-electron chi connectivity index (χ4n) is 2.28. The Hall–Kier alpha value is -0.670. The Morgan fingerprint density at radius 3 is 2.88 bits per heavy atom. The van der Waals surface area contributed by atoms with Gasteiger partial charge in [-0.25, -0.2) is 4.39 Å². The van der Waals surface area contributed by atoms with Crippen LogP contribution in [0.5, 0.6) is 0 Å². The first-order valence-electron chi connectivity index (χ1n) is 6.05. The van der Waals surface area contributed by atoms with E-state index in [-0.39, 0.29) is 11.9 Å². The monoisotopic (exact) mass is 297 g/mol. The third-order valence-corrected chi connectivity index (χ3v) is 3.72. The molecule has 0 aromatic heterocycles. The van der Waals surface area contributed by atoms with Crippen molar-refractivity contribution in [3.63, 3.8) is 0 Å². The molecule has 0 radical (unpaired) electrons. The second-order valence-corrected chi connectivity index (χ2v) is 5.50. The SMILES string of the molecule is NC(CC1=CCCCC1)c1cc(Br)ccc1F. The largest absolute Gasteiger partial charge is 0.324 e. The highest BCUT2D eigenvalue weighted by molar-refractivity contribution is 9.10. The van der Waals surface area contributed by atoms with E-state index in [1.54, 1.807) is 12.1 Å². The van der Waals surface area contributed by atoms with Crippen molar-refractivity contribution in [3.8, 4) is 0 Å². The molecule has 1 aromatic rings. The third kappa shape index (κ3) is 3.39. The average Bonchev–Trinajstić information content (AvgIpc) is 2.33. The first kappa shape index (κ1) is 12.8. The summed E-state index contributed by atoms with van der Waals surface area (Å²) < 4.78 is 14.5. The van der Waals surface area contributed by atoms with Crippen molar-refractivity contribution in [2.24, 2.45) is 5.73 Å². The highest BCUT2D eigenvalue weighted by atomic mass is 79.9. The highest BCUT2D eigenvalue weighted by Gasteiger charge is 2.14. The van der Waals surface area contributed by atoms with E-state index in [4.69, 9.17) is 5.73 Å². The Balaban J connectivity index is 2.10. The number of hydrogen-bond donors (Lipinski definition) is 1. The zero-order chi connectivity index (χ0) is 12.3. The van der Waals surface area contributed by atoms with Gasteiger partial charge in [-0.2, -0.15) is 0 Å². The summed E-state index contributed by atoms with van der Waals surface area (Å²) in [4.78, 5) is 0. The van der Waals surface area contributed by atoms with Crippen LogP contribution in [0.1, 0.15) is 43.7 Å². The summed E-state index contributed by atoms with van der Waals surface area (Å²) in [5, 5.41) is 0. The summed E-state index contributed by atoms with van der Waals surface area (Å²) in [5.41, 5.74) is 8.07. The van der Waals surface area contributed by atoms with Crippen LogP contribution in [0.15, 0.2) is 34.3 Å². The lowest BCUT2D eigenvalue weighted by atomic mass is 9.92. The topological polar surface area (TPSA) is 26.0 Å². The van der Waals surface area contributed by atoms with Crippen LogP contribution in [0.3, 0.4) is 0 Å². The average molecular weight is 298 g/mol. The van der Waals surface area contributed by atoms with Crippen LogP contribution in [-0.4, -0.2) is 0 Å². The quantitative estimate of drug-likeness (QED) is 0.818. The number of nitrogens with two attached hydrogens (primary N) is 1. The van der Waals surface area contributed by atoms with Gasteiger partial charge in [-0.1, -0.05) is 27.6 Å². The first-order chi connectivity index (χ1) is 8.16. The molecule has 1 unspecified atom stereocenters. The fraction of sp³-hybridized carbons (Fsp3) is 0.429. The van der Waals surface area contributed by atoms with Gasteiger partial charge in [0.15, 0.2) is 0 Å². The molecule has 17 heavy (non-hydrogen) atoms. The number of halogens is 2. The lowest BCUT2D eigenvalue weighted by Crippen LogP contribution is -2.13. The molecule has 1 aliphatic rings. The van der Waals surface area contributed by atoms with Gasteiger partial charge in [0.25, 0.3) is 0 Å². The van der Waals surface area contributed by atoms with Gasteiger partial charge in [-0.05, 0) is 50.3 Å². The van der Waals surface area contributed by atoms with Gasteiger partial charge in [0.2, 0.25) is 0 Å². The van der Waals surface area contributed by atoms with E-state index in [2.05, 4.69) is 22.0 Å². The summed E-state index contributed by atoms with van der Waals surface area (Å²) >= 11 is 3.35. The van der Waals surface area contributed by atoms with Gasteiger partial charge in [0, 0.05) is 16.1 Å². The molecule has 2 rings (SSSR count). The van der Waals surface area contributed by atoms with E-state index in [1.807, 2.05) is 0 Å². The Kier molecular flexibility index (Phi) is 4.35. The van der Waals surface area contributed by atoms with Gasteiger partial charge in [0.05, 0.1) is 0 Å². The molecule has 0 fully saturated rings. The van der Waals surface area contributed by atoms with Crippen molar-refractivity contribution < 1.29 is 4.39 Å². The Labute approximate surface area is 110 Å². The fourth-order valence-corrected chi connectivity index (χ4v) is 2.66. The molecule has 1 aromatic carbocycles. The minimum atomic E-state index is -0.239.